The zero-order valence-electron chi connectivity index (χ0n) is 11.5. The maximum Gasteiger partial charge on any atom is 0.251 e. The van der Waals surface area contributed by atoms with Crippen LogP contribution in [0.2, 0.25) is 0 Å². The van der Waals surface area contributed by atoms with Crippen LogP contribution in [-0.2, 0) is 5.41 Å². The van der Waals surface area contributed by atoms with Crippen molar-refractivity contribution in [2.24, 2.45) is 5.92 Å². The molecule has 0 heterocycles. The lowest BCUT2D eigenvalue weighted by molar-refractivity contribution is 0.0949. The zero-order chi connectivity index (χ0) is 13.1. The second-order valence-electron chi connectivity index (χ2n) is 5.93. The van der Waals surface area contributed by atoms with Gasteiger partial charge in [0.05, 0.1) is 0 Å². The van der Waals surface area contributed by atoms with Crippen molar-refractivity contribution in [3.05, 3.63) is 35.4 Å². The summed E-state index contributed by atoms with van der Waals surface area (Å²) in [4.78, 5) is 11.9. The van der Waals surface area contributed by atoms with Crippen molar-refractivity contribution in [2.45, 2.75) is 40.0 Å². The van der Waals surface area contributed by atoms with E-state index in [1.54, 1.807) is 0 Å². The van der Waals surface area contributed by atoms with E-state index >= 15 is 0 Å². The molecule has 0 aliphatic carbocycles. The van der Waals surface area contributed by atoms with Gasteiger partial charge >= 0.3 is 0 Å². The van der Waals surface area contributed by atoms with Gasteiger partial charge in [-0.05, 0) is 29.0 Å². The van der Waals surface area contributed by atoms with E-state index in [-0.39, 0.29) is 11.3 Å². The summed E-state index contributed by atoms with van der Waals surface area (Å²) in [7, 11) is 0. The molecule has 2 heteroatoms. The summed E-state index contributed by atoms with van der Waals surface area (Å²) in [6.45, 7) is 11.4. The van der Waals surface area contributed by atoms with E-state index in [1.165, 1.54) is 5.56 Å². The van der Waals surface area contributed by atoms with E-state index in [1.807, 2.05) is 18.2 Å². The Kier molecular flexibility index (Phi) is 4.33. The highest BCUT2D eigenvalue weighted by molar-refractivity contribution is 5.94. The van der Waals surface area contributed by atoms with Gasteiger partial charge in [0.1, 0.15) is 0 Å². The molecule has 17 heavy (non-hydrogen) atoms. The molecule has 1 N–H and O–H groups in total. The number of hydrogen-bond acceptors (Lipinski definition) is 1. The lowest BCUT2D eigenvalue weighted by Gasteiger charge is -2.19. The largest absolute Gasteiger partial charge is 0.352 e. The van der Waals surface area contributed by atoms with Gasteiger partial charge in [-0.25, -0.2) is 0 Å². The second-order valence-corrected chi connectivity index (χ2v) is 5.93. The van der Waals surface area contributed by atoms with Crippen molar-refractivity contribution in [1.82, 2.24) is 5.32 Å². The topological polar surface area (TPSA) is 29.1 Å². The van der Waals surface area contributed by atoms with E-state index in [9.17, 15) is 4.79 Å². The van der Waals surface area contributed by atoms with Gasteiger partial charge in [-0.2, -0.15) is 0 Å². The molecule has 0 atom stereocenters. The summed E-state index contributed by atoms with van der Waals surface area (Å²) in [5.74, 6) is 0.495. The molecule has 1 rings (SSSR count). The van der Waals surface area contributed by atoms with Crippen molar-refractivity contribution in [1.29, 1.82) is 0 Å². The molecule has 94 valence electrons. The number of hydrogen-bond donors (Lipinski definition) is 1. The summed E-state index contributed by atoms with van der Waals surface area (Å²) in [6.07, 6.45) is 0. The fraction of sp³-hybridized carbons (Fsp3) is 0.533. The quantitative estimate of drug-likeness (QED) is 0.852. The molecule has 0 fully saturated rings. The van der Waals surface area contributed by atoms with E-state index in [0.29, 0.717) is 5.92 Å². The lowest BCUT2D eigenvalue weighted by Crippen LogP contribution is -2.27. The van der Waals surface area contributed by atoms with Gasteiger partial charge in [-0.3, -0.25) is 4.79 Å². The van der Waals surface area contributed by atoms with Crippen molar-refractivity contribution in [3.63, 3.8) is 0 Å². The summed E-state index contributed by atoms with van der Waals surface area (Å²) in [5.41, 5.74) is 2.02. The van der Waals surface area contributed by atoms with Gasteiger partial charge < -0.3 is 5.32 Å². The Morgan fingerprint density at radius 3 is 2.47 bits per heavy atom. The predicted molar refractivity (Wildman–Crippen MR) is 72.3 cm³/mol. The minimum atomic E-state index is 0.0183. The third kappa shape index (κ3) is 4.22. The smallest absolute Gasteiger partial charge is 0.251 e. The van der Waals surface area contributed by atoms with Crippen LogP contribution in [-0.4, -0.2) is 12.5 Å². The van der Waals surface area contributed by atoms with Crippen LogP contribution in [0.1, 0.15) is 50.5 Å². The van der Waals surface area contributed by atoms with Crippen molar-refractivity contribution in [2.75, 3.05) is 6.54 Å². The summed E-state index contributed by atoms with van der Waals surface area (Å²) >= 11 is 0. The fourth-order valence-electron chi connectivity index (χ4n) is 1.53. The average molecular weight is 233 g/mol. The number of benzene rings is 1. The highest BCUT2D eigenvalue weighted by Gasteiger charge is 2.15. The number of carbonyl (C=O) groups excluding carboxylic acids is 1. The Morgan fingerprint density at radius 2 is 1.94 bits per heavy atom. The Morgan fingerprint density at radius 1 is 1.29 bits per heavy atom. The Hall–Kier alpha value is -1.31. The van der Waals surface area contributed by atoms with E-state index < -0.39 is 0 Å². The molecule has 1 amide bonds. The van der Waals surface area contributed by atoms with Gasteiger partial charge in [0.25, 0.3) is 5.91 Å². The standard InChI is InChI=1S/C15H23NO/c1-11(2)10-16-14(17)12-7-6-8-13(9-12)15(3,4)5/h6-9,11H,10H2,1-5H3,(H,16,17). The Bertz CT molecular complexity index is 388. The number of rotatable bonds is 3. The van der Waals surface area contributed by atoms with Crippen LogP contribution >= 0.6 is 0 Å². The molecule has 0 aromatic heterocycles. The summed E-state index contributed by atoms with van der Waals surface area (Å²) in [6, 6.07) is 7.87. The van der Waals surface area contributed by atoms with E-state index in [4.69, 9.17) is 0 Å². The highest BCUT2D eigenvalue weighted by Crippen LogP contribution is 2.22. The monoisotopic (exact) mass is 233 g/mol. The number of nitrogens with one attached hydrogen (secondary N) is 1. The molecular formula is C15H23NO. The molecule has 2 nitrogen and oxygen atoms in total. The fourth-order valence-corrected chi connectivity index (χ4v) is 1.53. The molecule has 0 bridgehead atoms. The van der Waals surface area contributed by atoms with Crippen LogP contribution in [0.5, 0.6) is 0 Å². The Balaban J connectivity index is 2.81. The van der Waals surface area contributed by atoms with Crippen LogP contribution in [0.15, 0.2) is 24.3 Å². The summed E-state index contributed by atoms with van der Waals surface area (Å²) in [5, 5.41) is 2.94. The number of amides is 1. The van der Waals surface area contributed by atoms with Gasteiger partial charge in [-0.15, -0.1) is 0 Å². The highest BCUT2D eigenvalue weighted by atomic mass is 16.1. The van der Waals surface area contributed by atoms with Gasteiger partial charge in [0.2, 0.25) is 0 Å². The minimum Gasteiger partial charge on any atom is -0.352 e. The third-order valence-electron chi connectivity index (χ3n) is 2.66. The van der Waals surface area contributed by atoms with Crippen LogP contribution in [0, 0.1) is 5.92 Å². The SMILES string of the molecule is CC(C)CNC(=O)c1cccc(C(C)(C)C)c1. The van der Waals surface area contributed by atoms with Crippen molar-refractivity contribution < 1.29 is 4.79 Å². The predicted octanol–water partition coefficient (Wildman–Crippen LogP) is 3.37. The van der Waals surface area contributed by atoms with E-state index in [0.717, 1.165) is 12.1 Å². The van der Waals surface area contributed by atoms with Crippen molar-refractivity contribution in [3.8, 4) is 0 Å². The normalized spacial score (nSPS) is 11.6. The first-order valence-electron chi connectivity index (χ1n) is 6.19. The first kappa shape index (κ1) is 13.8. The molecule has 1 aromatic rings. The average Bonchev–Trinajstić information content (AvgIpc) is 2.25. The molecule has 0 aliphatic heterocycles. The van der Waals surface area contributed by atoms with Gasteiger partial charge in [0, 0.05) is 12.1 Å². The first-order valence-corrected chi connectivity index (χ1v) is 6.19. The molecule has 0 saturated carbocycles. The Labute approximate surface area is 104 Å². The lowest BCUT2D eigenvalue weighted by atomic mass is 9.86. The zero-order valence-corrected chi connectivity index (χ0v) is 11.5. The minimum absolute atomic E-state index is 0.0183. The molecule has 0 unspecified atom stereocenters. The maximum atomic E-state index is 11.9. The molecule has 0 aliphatic rings. The van der Waals surface area contributed by atoms with Crippen LogP contribution in [0.25, 0.3) is 0 Å². The van der Waals surface area contributed by atoms with Gasteiger partial charge in [-0.1, -0.05) is 46.8 Å². The molecular weight excluding hydrogens is 210 g/mol. The third-order valence-corrected chi connectivity index (χ3v) is 2.66. The van der Waals surface area contributed by atoms with Gasteiger partial charge in [0.15, 0.2) is 0 Å². The maximum absolute atomic E-state index is 11.9. The van der Waals surface area contributed by atoms with E-state index in [2.05, 4.69) is 46.0 Å². The molecule has 0 spiro atoms. The summed E-state index contributed by atoms with van der Waals surface area (Å²) < 4.78 is 0. The second kappa shape index (κ2) is 5.35. The van der Waals surface area contributed by atoms with Crippen LogP contribution in [0.4, 0.5) is 0 Å². The van der Waals surface area contributed by atoms with Crippen LogP contribution < -0.4 is 5.32 Å². The molecule has 1 aromatic carbocycles. The first-order chi connectivity index (χ1) is 7.80. The number of carbonyl (C=O) groups is 1. The molecule has 0 saturated heterocycles. The van der Waals surface area contributed by atoms with Crippen molar-refractivity contribution >= 4 is 5.91 Å². The molecule has 0 radical (unpaired) electrons. The van der Waals surface area contributed by atoms with Crippen LogP contribution in [0.3, 0.4) is 0 Å².